The van der Waals surface area contributed by atoms with Gasteiger partial charge in [0.25, 0.3) is 0 Å². The molecule has 0 aromatic carbocycles. The topological polar surface area (TPSA) is 15.3 Å². The van der Waals surface area contributed by atoms with Crippen LogP contribution in [0.5, 0.6) is 0 Å². The van der Waals surface area contributed by atoms with Crippen LogP contribution in [-0.2, 0) is 6.54 Å². The summed E-state index contributed by atoms with van der Waals surface area (Å²) in [5.41, 5.74) is 1.42. The van der Waals surface area contributed by atoms with Gasteiger partial charge in [0.15, 0.2) is 0 Å². The number of thiophene rings is 1. The normalized spacial score (nSPS) is 21.3. The average Bonchev–Trinajstić information content (AvgIpc) is 2.81. The molecule has 0 radical (unpaired) electrons. The van der Waals surface area contributed by atoms with Gasteiger partial charge in [0.05, 0.1) is 0 Å². The van der Waals surface area contributed by atoms with Crippen molar-refractivity contribution < 1.29 is 0 Å². The highest BCUT2D eigenvalue weighted by atomic mass is 32.2. The monoisotopic (exact) mass is 284 g/mol. The fraction of sp³-hybridized carbons (Fsp3) is 0.714. The van der Waals surface area contributed by atoms with Gasteiger partial charge in [-0.25, -0.2) is 0 Å². The van der Waals surface area contributed by atoms with Gasteiger partial charge in [0.1, 0.15) is 0 Å². The van der Waals surface area contributed by atoms with Crippen LogP contribution in [0.15, 0.2) is 11.4 Å². The van der Waals surface area contributed by atoms with E-state index in [0.29, 0.717) is 0 Å². The molecule has 1 saturated heterocycles. The van der Waals surface area contributed by atoms with Crippen molar-refractivity contribution in [2.75, 3.05) is 31.9 Å². The molecule has 0 spiro atoms. The van der Waals surface area contributed by atoms with Gasteiger partial charge in [-0.1, -0.05) is 6.92 Å². The molecule has 1 atom stereocenters. The van der Waals surface area contributed by atoms with Crippen LogP contribution in [0.25, 0.3) is 0 Å². The molecule has 1 aromatic rings. The zero-order valence-corrected chi connectivity index (χ0v) is 13.1. The molecule has 2 nitrogen and oxygen atoms in total. The Morgan fingerprint density at radius 3 is 3.11 bits per heavy atom. The lowest BCUT2D eigenvalue weighted by molar-refractivity contribution is 0.280. The van der Waals surface area contributed by atoms with Crippen LogP contribution in [0.4, 0.5) is 0 Å². The number of hydrogen-bond acceptors (Lipinski definition) is 4. The van der Waals surface area contributed by atoms with Crippen molar-refractivity contribution in [1.29, 1.82) is 0 Å². The molecule has 18 heavy (non-hydrogen) atoms. The first-order chi connectivity index (χ1) is 8.79. The fourth-order valence-corrected chi connectivity index (χ4v) is 4.38. The summed E-state index contributed by atoms with van der Waals surface area (Å²) < 4.78 is 0. The largest absolute Gasteiger partial charge is 0.311 e. The molecular weight excluding hydrogens is 260 g/mol. The molecule has 0 aliphatic carbocycles. The molecule has 1 N–H and O–H groups in total. The van der Waals surface area contributed by atoms with Gasteiger partial charge in [0, 0.05) is 48.6 Å². The maximum absolute atomic E-state index is 3.57. The van der Waals surface area contributed by atoms with Gasteiger partial charge >= 0.3 is 0 Å². The Morgan fingerprint density at radius 2 is 2.39 bits per heavy atom. The van der Waals surface area contributed by atoms with Crippen LogP contribution < -0.4 is 5.32 Å². The maximum Gasteiger partial charge on any atom is 0.0302 e. The van der Waals surface area contributed by atoms with Crippen LogP contribution in [0.2, 0.25) is 0 Å². The van der Waals surface area contributed by atoms with Crippen LogP contribution in [-0.4, -0.2) is 42.1 Å². The number of nitrogens with zero attached hydrogens (tertiary/aromatic N) is 1. The zero-order chi connectivity index (χ0) is 12.8. The van der Waals surface area contributed by atoms with E-state index in [0.717, 1.165) is 18.3 Å². The summed E-state index contributed by atoms with van der Waals surface area (Å²) in [5.74, 6) is 1.31. The van der Waals surface area contributed by atoms with Gasteiger partial charge in [-0.2, -0.15) is 11.8 Å². The Labute approximate surface area is 119 Å². The highest BCUT2D eigenvalue weighted by Crippen LogP contribution is 2.20. The second-order valence-electron chi connectivity index (χ2n) is 4.91. The molecule has 1 fully saturated rings. The Kier molecular flexibility index (Phi) is 6.02. The van der Waals surface area contributed by atoms with E-state index < -0.39 is 0 Å². The second-order valence-corrected chi connectivity index (χ2v) is 7.31. The highest BCUT2D eigenvalue weighted by molar-refractivity contribution is 8.00. The van der Waals surface area contributed by atoms with Crippen molar-refractivity contribution >= 4 is 23.1 Å². The number of nitrogens with one attached hydrogen (secondary N) is 1. The molecule has 0 saturated carbocycles. The number of aryl methyl sites for hydroxylation is 1. The zero-order valence-electron chi connectivity index (χ0n) is 11.4. The number of thioether (sulfide) groups is 1. The maximum atomic E-state index is 3.57. The Morgan fingerprint density at radius 1 is 1.50 bits per heavy atom. The van der Waals surface area contributed by atoms with Crippen LogP contribution in [0.1, 0.15) is 23.8 Å². The molecule has 1 aliphatic rings. The van der Waals surface area contributed by atoms with Gasteiger partial charge in [-0.05, 0) is 30.4 Å². The first-order valence-electron chi connectivity index (χ1n) is 6.87. The predicted molar refractivity (Wildman–Crippen MR) is 83.7 cm³/mol. The van der Waals surface area contributed by atoms with E-state index in [9.17, 15) is 0 Å². The molecule has 0 bridgehead atoms. The summed E-state index contributed by atoms with van der Waals surface area (Å²) >= 11 is 4.01. The average molecular weight is 284 g/mol. The minimum atomic E-state index is 0.860. The minimum absolute atomic E-state index is 0.860. The first-order valence-corrected chi connectivity index (χ1v) is 8.80. The van der Waals surface area contributed by atoms with Crippen molar-refractivity contribution in [3.63, 3.8) is 0 Å². The quantitative estimate of drug-likeness (QED) is 0.809. The van der Waals surface area contributed by atoms with Crippen molar-refractivity contribution in [2.45, 2.75) is 32.1 Å². The van der Waals surface area contributed by atoms with E-state index in [1.54, 1.807) is 0 Å². The molecule has 1 aliphatic heterocycles. The highest BCUT2D eigenvalue weighted by Gasteiger charge is 2.17. The van der Waals surface area contributed by atoms with Gasteiger partial charge in [-0.3, -0.25) is 0 Å². The van der Waals surface area contributed by atoms with Gasteiger partial charge in [0.2, 0.25) is 0 Å². The molecule has 102 valence electrons. The third-order valence-electron chi connectivity index (χ3n) is 3.54. The van der Waals surface area contributed by atoms with Crippen LogP contribution in [0.3, 0.4) is 0 Å². The van der Waals surface area contributed by atoms with E-state index in [1.165, 1.54) is 42.2 Å². The van der Waals surface area contributed by atoms with Crippen LogP contribution in [0, 0.1) is 6.92 Å². The molecule has 2 heterocycles. The third kappa shape index (κ3) is 4.26. The summed E-state index contributed by atoms with van der Waals surface area (Å²) in [4.78, 5) is 4.09. The van der Waals surface area contributed by atoms with Gasteiger partial charge < -0.3 is 10.2 Å². The summed E-state index contributed by atoms with van der Waals surface area (Å²) in [6, 6.07) is 2.20. The number of rotatable bonds is 6. The molecular formula is C14H24N2S2. The van der Waals surface area contributed by atoms with E-state index in [2.05, 4.69) is 47.3 Å². The fourth-order valence-electron chi connectivity index (χ4n) is 2.25. The summed E-state index contributed by atoms with van der Waals surface area (Å²) in [6.07, 6.45) is 1.31. The summed E-state index contributed by atoms with van der Waals surface area (Å²) in [5, 5.41) is 6.61. The smallest absolute Gasteiger partial charge is 0.0302 e. The molecule has 4 heteroatoms. The van der Waals surface area contributed by atoms with Crippen molar-refractivity contribution in [3.05, 3.63) is 21.9 Å². The first kappa shape index (κ1) is 14.4. The number of hydrogen-bond donors (Lipinski definition) is 1. The van der Waals surface area contributed by atoms with Crippen molar-refractivity contribution in [1.82, 2.24) is 10.2 Å². The molecule has 1 aromatic heterocycles. The van der Waals surface area contributed by atoms with Crippen molar-refractivity contribution in [3.8, 4) is 0 Å². The lowest BCUT2D eigenvalue weighted by Gasteiger charge is -2.31. The van der Waals surface area contributed by atoms with E-state index in [1.807, 2.05) is 11.3 Å². The van der Waals surface area contributed by atoms with Gasteiger partial charge in [-0.15, -0.1) is 11.3 Å². The summed E-state index contributed by atoms with van der Waals surface area (Å²) in [7, 11) is 0. The summed E-state index contributed by atoms with van der Waals surface area (Å²) in [6.45, 7) is 10.4. The third-order valence-corrected chi connectivity index (χ3v) is 5.93. The van der Waals surface area contributed by atoms with E-state index in [-0.39, 0.29) is 0 Å². The standard InChI is InChI=1S/C14H24N2S2/c1-3-13-11-16(7-9-17-13)6-5-15-10-14-12(2)4-8-18-14/h4,8,13,15H,3,5-7,9-11H2,1-2H3. The Hall–Kier alpha value is -0.0300. The molecule has 2 rings (SSSR count). The van der Waals surface area contributed by atoms with Crippen LogP contribution >= 0.6 is 23.1 Å². The molecule has 1 unspecified atom stereocenters. The van der Waals surface area contributed by atoms with Crippen molar-refractivity contribution in [2.24, 2.45) is 0 Å². The van der Waals surface area contributed by atoms with E-state index in [4.69, 9.17) is 0 Å². The minimum Gasteiger partial charge on any atom is -0.311 e. The SMILES string of the molecule is CCC1CN(CCNCc2sccc2C)CCS1. The Bertz CT molecular complexity index is 351. The predicted octanol–water partition coefficient (Wildman–Crippen LogP) is 2.97. The lowest BCUT2D eigenvalue weighted by Crippen LogP contribution is -2.41. The van der Waals surface area contributed by atoms with E-state index >= 15 is 0 Å². The lowest BCUT2D eigenvalue weighted by atomic mass is 10.3. The second kappa shape index (κ2) is 7.53. The Balaban J connectivity index is 1.62. The molecule has 0 amide bonds.